The van der Waals surface area contributed by atoms with Gasteiger partial charge in [-0.1, -0.05) is 11.2 Å². The molecule has 2 heterocycles. The van der Waals surface area contributed by atoms with Gasteiger partial charge in [0.1, 0.15) is 27.0 Å². The molecule has 2 aromatic heterocycles. The lowest BCUT2D eigenvalue weighted by molar-refractivity contribution is 0.394. The molecule has 0 spiro atoms. The number of anilines is 1. The molecule has 4 rings (SSSR count). The number of thiophene rings is 1. The fourth-order valence-electron chi connectivity index (χ4n) is 3.12. The smallest absolute Gasteiger partial charge is 0.269 e. The molecule has 0 radical (unpaired) electrons. The Hall–Kier alpha value is -3.57. The van der Waals surface area contributed by atoms with E-state index in [1.165, 1.54) is 35.9 Å². The molecule has 0 aliphatic heterocycles. The first-order chi connectivity index (χ1) is 15.9. The van der Waals surface area contributed by atoms with Gasteiger partial charge in [-0.15, -0.1) is 11.3 Å². The van der Waals surface area contributed by atoms with Crippen LogP contribution in [0, 0.1) is 0 Å². The predicted molar refractivity (Wildman–Crippen MR) is 125 cm³/mol. The van der Waals surface area contributed by atoms with Crippen LogP contribution in [0.2, 0.25) is 0 Å². The number of sulfonamides is 1. The quantitative estimate of drug-likeness (QED) is 0.362. The second-order valence-electron chi connectivity index (χ2n) is 6.81. The van der Waals surface area contributed by atoms with E-state index >= 15 is 0 Å². The van der Waals surface area contributed by atoms with Gasteiger partial charge in [-0.05, 0) is 35.7 Å². The summed E-state index contributed by atoms with van der Waals surface area (Å²) in [7, 11) is 2.18. The van der Waals surface area contributed by atoms with Gasteiger partial charge >= 0.3 is 0 Å². The van der Waals surface area contributed by atoms with Crippen molar-refractivity contribution in [2.24, 2.45) is 0 Å². The van der Waals surface area contributed by atoms with E-state index in [-0.39, 0.29) is 16.6 Å². The summed E-state index contributed by atoms with van der Waals surface area (Å²) >= 11 is 1.20. The number of nitrogens with zero attached hydrogens (tertiary/aromatic N) is 3. The van der Waals surface area contributed by atoms with Crippen LogP contribution in [0.1, 0.15) is 0 Å². The Balaban J connectivity index is 1.70. The molecule has 2 aromatic carbocycles. The van der Waals surface area contributed by atoms with E-state index in [9.17, 15) is 8.42 Å². The molecule has 0 aliphatic carbocycles. The Labute approximate surface area is 195 Å². The molecule has 0 atom stereocenters. The number of rotatable bonds is 8. The standard InChI is InChI=1S/C22H21N3O6S2/c1-25(15-6-5-7-16(12-15)28-2)33(26,27)19-8-9-32-20(19)22-23-21(24-31-22)14-10-17(29-3)13-18(11-14)30-4/h5-13H,1-4H3. The van der Waals surface area contributed by atoms with Crippen molar-refractivity contribution in [3.05, 3.63) is 53.9 Å². The molecule has 33 heavy (non-hydrogen) atoms. The highest BCUT2D eigenvalue weighted by atomic mass is 32.2. The molecule has 172 valence electrons. The van der Waals surface area contributed by atoms with Crippen LogP contribution in [0.3, 0.4) is 0 Å². The van der Waals surface area contributed by atoms with Gasteiger partial charge in [0, 0.05) is 24.7 Å². The van der Waals surface area contributed by atoms with Crippen molar-refractivity contribution in [1.82, 2.24) is 10.1 Å². The minimum absolute atomic E-state index is 0.0660. The van der Waals surface area contributed by atoms with E-state index in [0.29, 0.717) is 33.4 Å². The van der Waals surface area contributed by atoms with Crippen LogP contribution in [-0.4, -0.2) is 46.9 Å². The van der Waals surface area contributed by atoms with Crippen molar-refractivity contribution in [3.8, 4) is 39.4 Å². The summed E-state index contributed by atoms with van der Waals surface area (Å²) < 4.78 is 49.2. The van der Waals surface area contributed by atoms with E-state index in [1.54, 1.807) is 62.1 Å². The maximum atomic E-state index is 13.4. The Bertz CT molecular complexity index is 1360. The molecule has 0 unspecified atom stereocenters. The fraction of sp³-hybridized carbons (Fsp3) is 0.182. The average molecular weight is 488 g/mol. The molecule has 0 saturated carbocycles. The van der Waals surface area contributed by atoms with Crippen molar-refractivity contribution in [3.63, 3.8) is 0 Å². The summed E-state index contributed by atoms with van der Waals surface area (Å²) in [6.07, 6.45) is 0. The number of aromatic nitrogens is 2. The number of hydrogen-bond acceptors (Lipinski definition) is 9. The zero-order valence-electron chi connectivity index (χ0n) is 18.3. The Morgan fingerprint density at radius 2 is 1.64 bits per heavy atom. The van der Waals surface area contributed by atoms with Gasteiger partial charge in [0.2, 0.25) is 5.82 Å². The maximum Gasteiger partial charge on any atom is 0.269 e. The number of ether oxygens (including phenoxy) is 3. The largest absolute Gasteiger partial charge is 0.497 e. The number of hydrogen-bond donors (Lipinski definition) is 0. The fourth-order valence-corrected chi connectivity index (χ4v) is 5.62. The van der Waals surface area contributed by atoms with Crippen LogP contribution in [0.5, 0.6) is 17.2 Å². The van der Waals surface area contributed by atoms with Crippen molar-refractivity contribution in [2.45, 2.75) is 4.90 Å². The van der Waals surface area contributed by atoms with E-state index in [1.807, 2.05) is 0 Å². The van der Waals surface area contributed by atoms with Crippen molar-refractivity contribution >= 4 is 27.0 Å². The molecular formula is C22H21N3O6S2. The first-order valence-electron chi connectivity index (χ1n) is 9.65. The minimum Gasteiger partial charge on any atom is -0.497 e. The van der Waals surface area contributed by atoms with Gasteiger partial charge in [-0.25, -0.2) is 8.42 Å². The zero-order chi connectivity index (χ0) is 23.6. The molecule has 0 N–H and O–H groups in total. The Kier molecular flexibility index (Phi) is 6.25. The van der Waals surface area contributed by atoms with Crippen LogP contribution < -0.4 is 18.5 Å². The van der Waals surface area contributed by atoms with Gasteiger partial charge in [0.25, 0.3) is 15.9 Å². The third kappa shape index (κ3) is 4.37. The van der Waals surface area contributed by atoms with E-state index in [0.717, 1.165) is 0 Å². The predicted octanol–water partition coefficient (Wildman–Crippen LogP) is 4.32. The molecule has 0 bridgehead atoms. The van der Waals surface area contributed by atoms with E-state index in [4.69, 9.17) is 18.7 Å². The van der Waals surface area contributed by atoms with E-state index in [2.05, 4.69) is 10.1 Å². The summed E-state index contributed by atoms with van der Waals surface area (Å²) in [5, 5.41) is 5.69. The molecule has 11 heteroatoms. The molecule has 0 saturated heterocycles. The maximum absolute atomic E-state index is 13.4. The van der Waals surface area contributed by atoms with Crippen LogP contribution in [-0.2, 0) is 10.0 Å². The Morgan fingerprint density at radius 1 is 0.939 bits per heavy atom. The van der Waals surface area contributed by atoms with Gasteiger partial charge < -0.3 is 18.7 Å². The molecule has 0 fully saturated rings. The lowest BCUT2D eigenvalue weighted by Crippen LogP contribution is -2.26. The summed E-state index contributed by atoms with van der Waals surface area (Å²) in [5.74, 6) is 2.06. The third-order valence-corrected chi connectivity index (χ3v) is 7.77. The normalized spacial score (nSPS) is 11.3. The molecule has 4 aromatic rings. The second kappa shape index (κ2) is 9.12. The van der Waals surface area contributed by atoms with Crippen LogP contribution >= 0.6 is 11.3 Å². The van der Waals surface area contributed by atoms with Crippen LogP contribution in [0.25, 0.3) is 22.2 Å². The Morgan fingerprint density at radius 3 is 2.30 bits per heavy atom. The minimum atomic E-state index is -3.91. The molecule has 0 amide bonds. The third-order valence-electron chi connectivity index (χ3n) is 4.91. The van der Waals surface area contributed by atoms with Crippen molar-refractivity contribution in [2.75, 3.05) is 32.7 Å². The lowest BCUT2D eigenvalue weighted by Gasteiger charge is -2.19. The number of benzene rings is 2. The second-order valence-corrected chi connectivity index (χ2v) is 9.67. The highest BCUT2D eigenvalue weighted by molar-refractivity contribution is 7.93. The first-order valence-corrected chi connectivity index (χ1v) is 12.0. The first kappa shape index (κ1) is 22.6. The molecular weight excluding hydrogens is 466 g/mol. The van der Waals surface area contributed by atoms with E-state index < -0.39 is 10.0 Å². The highest BCUT2D eigenvalue weighted by Crippen LogP contribution is 2.36. The van der Waals surface area contributed by atoms with Gasteiger partial charge in [-0.2, -0.15) is 4.98 Å². The van der Waals surface area contributed by atoms with Crippen molar-refractivity contribution < 1.29 is 27.2 Å². The van der Waals surface area contributed by atoms with Gasteiger partial charge in [0.05, 0.1) is 27.0 Å². The zero-order valence-corrected chi connectivity index (χ0v) is 19.9. The number of methoxy groups -OCH3 is 3. The summed E-state index contributed by atoms with van der Waals surface area (Å²) in [5.41, 5.74) is 1.07. The molecule has 9 nitrogen and oxygen atoms in total. The SMILES string of the molecule is COc1cc(OC)cc(-c2noc(-c3sccc3S(=O)(=O)N(C)c3cccc(OC)c3)n2)c1. The highest BCUT2D eigenvalue weighted by Gasteiger charge is 2.29. The van der Waals surface area contributed by atoms with Crippen molar-refractivity contribution in [1.29, 1.82) is 0 Å². The molecule has 0 aliphatic rings. The summed E-state index contributed by atoms with van der Waals surface area (Å²) in [4.78, 5) is 4.84. The summed E-state index contributed by atoms with van der Waals surface area (Å²) in [6.45, 7) is 0. The van der Waals surface area contributed by atoms with Gasteiger partial charge in [-0.3, -0.25) is 4.31 Å². The topological polar surface area (TPSA) is 104 Å². The lowest BCUT2D eigenvalue weighted by atomic mass is 10.2. The van der Waals surface area contributed by atoms with Crippen LogP contribution in [0.15, 0.2) is 63.3 Å². The average Bonchev–Trinajstić information content (AvgIpc) is 3.53. The summed E-state index contributed by atoms with van der Waals surface area (Å²) in [6, 6.07) is 13.5. The van der Waals surface area contributed by atoms with Gasteiger partial charge in [0.15, 0.2) is 0 Å². The van der Waals surface area contributed by atoms with Crippen LogP contribution in [0.4, 0.5) is 5.69 Å². The monoisotopic (exact) mass is 487 g/mol.